The number of benzene rings is 2. The lowest BCUT2D eigenvalue weighted by atomic mass is 10.1. The Kier molecular flexibility index (Phi) is 5.09. The Labute approximate surface area is 139 Å². The molecule has 0 radical (unpaired) electrons. The van der Waals surface area contributed by atoms with Gasteiger partial charge in [0.05, 0.1) is 10.5 Å². The summed E-state index contributed by atoms with van der Waals surface area (Å²) >= 11 is 0. The minimum atomic E-state index is -4.73. The monoisotopic (exact) mass is 378 g/mol. The first kappa shape index (κ1) is 18.8. The van der Waals surface area contributed by atoms with Gasteiger partial charge in [-0.1, -0.05) is 18.2 Å². The first-order valence-electron chi connectivity index (χ1n) is 6.61. The number of nitrogens with zero attached hydrogens (tertiary/aromatic N) is 1. The first-order chi connectivity index (χ1) is 11.5. The number of hydrogen-bond acceptors (Lipinski definition) is 4. The Hall–Kier alpha value is -2.53. The summed E-state index contributed by atoms with van der Waals surface area (Å²) in [4.78, 5) is 9.35. The number of halogens is 4. The minimum Gasteiger partial charge on any atom is -0.258 e. The molecule has 11 heteroatoms. The molecule has 25 heavy (non-hydrogen) atoms. The molecule has 0 saturated heterocycles. The number of para-hydroxylation sites is 1. The third-order valence-corrected chi connectivity index (χ3v) is 4.63. The fourth-order valence-corrected chi connectivity index (χ4v) is 3.13. The standard InChI is InChI=1S/C14H10F4N2O4S/c15-11-7-10(14(16,17)18)6-5-9(11)8-19-25(23,24)13-4-2-1-3-12(13)20(21)22/h1-7,19H,8H2. The minimum absolute atomic E-state index is 0.245. The first-order valence-corrected chi connectivity index (χ1v) is 8.09. The maximum Gasteiger partial charge on any atom is 0.416 e. The maximum atomic E-state index is 13.7. The zero-order chi connectivity index (χ0) is 18.8. The van der Waals surface area contributed by atoms with E-state index in [4.69, 9.17) is 0 Å². The molecule has 0 unspecified atom stereocenters. The maximum absolute atomic E-state index is 13.7. The van der Waals surface area contributed by atoms with Gasteiger partial charge in [-0.25, -0.2) is 17.5 Å². The van der Waals surface area contributed by atoms with Gasteiger partial charge >= 0.3 is 6.18 Å². The van der Waals surface area contributed by atoms with Gasteiger partial charge in [0, 0.05) is 18.2 Å². The van der Waals surface area contributed by atoms with Crippen molar-refractivity contribution in [3.05, 3.63) is 69.5 Å². The van der Waals surface area contributed by atoms with Crippen molar-refractivity contribution in [1.29, 1.82) is 0 Å². The molecule has 0 atom stereocenters. The summed E-state index contributed by atoms with van der Waals surface area (Å²) < 4.78 is 77.4. The zero-order valence-electron chi connectivity index (χ0n) is 12.2. The molecule has 6 nitrogen and oxygen atoms in total. The lowest BCUT2D eigenvalue weighted by molar-refractivity contribution is -0.387. The molecular formula is C14H10F4N2O4S. The van der Waals surface area contributed by atoms with Crippen LogP contribution in [-0.2, 0) is 22.7 Å². The van der Waals surface area contributed by atoms with Gasteiger partial charge in [-0.3, -0.25) is 10.1 Å². The van der Waals surface area contributed by atoms with Crippen molar-refractivity contribution in [2.75, 3.05) is 0 Å². The molecular weight excluding hydrogens is 368 g/mol. The summed E-state index contributed by atoms with van der Waals surface area (Å²) in [6.07, 6.45) is -4.73. The van der Waals surface area contributed by atoms with E-state index in [1.54, 1.807) is 0 Å². The van der Waals surface area contributed by atoms with Gasteiger partial charge in [0.1, 0.15) is 5.82 Å². The fourth-order valence-electron chi connectivity index (χ4n) is 1.95. The molecule has 0 amide bonds. The second-order valence-corrected chi connectivity index (χ2v) is 6.59. The highest BCUT2D eigenvalue weighted by Gasteiger charge is 2.31. The summed E-state index contributed by atoms with van der Waals surface area (Å²) in [6, 6.07) is 6.15. The van der Waals surface area contributed by atoms with Crippen molar-refractivity contribution in [2.24, 2.45) is 0 Å². The van der Waals surface area contributed by atoms with Crippen LogP contribution in [0.15, 0.2) is 47.4 Å². The van der Waals surface area contributed by atoms with Crippen LogP contribution in [-0.4, -0.2) is 13.3 Å². The van der Waals surface area contributed by atoms with Gasteiger partial charge in [0.2, 0.25) is 10.0 Å². The van der Waals surface area contributed by atoms with Gasteiger partial charge in [-0.05, 0) is 18.2 Å². The predicted molar refractivity (Wildman–Crippen MR) is 78.5 cm³/mol. The molecule has 0 aromatic heterocycles. The normalized spacial score (nSPS) is 12.2. The van der Waals surface area contributed by atoms with Crippen LogP contribution in [0.4, 0.5) is 23.2 Å². The van der Waals surface area contributed by atoms with E-state index in [1.165, 1.54) is 12.1 Å². The van der Waals surface area contributed by atoms with Gasteiger partial charge in [0.15, 0.2) is 4.90 Å². The summed E-state index contributed by atoms with van der Waals surface area (Å²) in [5.74, 6) is -1.25. The van der Waals surface area contributed by atoms with Crippen LogP contribution in [0, 0.1) is 15.9 Å². The fraction of sp³-hybridized carbons (Fsp3) is 0.143. The van der Waals surface area contributed by atoms with Crippen LogP contribution in [0.2, 0.25) is 0 Å². The predicted octanol–water partition coefficient (Wildman–Crippen LogP) is 3.23. The highest BCUT2D eigenvalue weighted by Crippen LogP contribution is 2.30. The number of hydrogen-bond donors (Lipinski definition) is 1. The molecule has 2 rings (SSSR count). The van der Waals surface area contributed by atoms with Crippen LogP contribution in [0.3, 0.4) is 0 Å². The zero-order valence-corrected chi connectivity index (χ0v) is 13.1. The van der Waals surface area contributed by atoms with Crippen molar-refractivity contribution < 1.29 is 30.9 Å². The SMILES string of the molecule is O=[N+]([O-])c1ccccc1S(=O)(=O)NCc1ccc(C(F)(F)F)cc1F. The molecule has 2 aromatic carbocycles. The van der Waals surface area contributed by atoms with Crippen molar-refractivity contribution in [3.63, 3.8) is 0 Å². The van der Waals surface area contributed by atoms with Crippen LogP contribution in [0.5, 0.6) is 0 Å². The number of nitro groups is 1. The summed E-state index contributed by atoms with van der Waals surface area (Å²) in [5.41, 5.74) is -2.23. The van der Waals surface area contributed by atoms with Gasteiger partial charge in [0.25, 0.3) is 5.69 Å². The van der Waals surface area contributed by atoms with Gasteiger partial charge in [-0.2, -0.15) is 13.2 Å². The summed E-state index contributed by atoms with van der Waals surface area (Å²) in [7, 11) is -4.37. The Bertz CT molecular complexity index is 913. The largest absolute Gasteiger partial charge is 0.416 e. The number of nitro benzene ring substituents is 1. The Morgan fingerprint density at radius 1 is 1.12 bits per heavy atom. The van der Waals surface area contributed by atoms with E-state index in [1.807, 2.05) is 4.72 Å². The molecule has 134 valence electrons. The molecule has 0 heterocycles. The van der Waals surface area contributed by atoms with Crippen LogP contribution in [0.1, 0.15) is 11.1 Å². The van der Waals surface area contributed by atoms with E-state index in [0.29, 0.717) is 6.07 Å². The van der Waals surface area contributed by atoms with Crippen molar-refractivity contribution in [3.8, 4) is 0 Å². The van der Waals surface area contributed by atoms with Crippen LogP contribution >= 0.6 is 0 Å². The molecule has 1 N–H and O–H groups in total. The Morgan fingerprint density at radius 2 is 1.76 bits per heavy atom. The Morgan fingerprint density at radius 3 is 2.32 bits per heavy atom. The quantitative estimate of drug-likeness (QED) is 0.491. The van der Waals surface area contributed by atoms with Crippen molar-refractivity contribution in [2.45, 2.75) is 17.6 Å². The number of alkyl halides is 3. The molecule has 0 saturated carbocycles. The summed E-state index contributed by atoms with van der Waals surface area (Å²) in [6.45, 7) is -0.668. The van der Waals surface area contributed by atoms with E-state index >= 15 is 0 Å². The molecule has 2 aromatic rings. The average molecular weight is 378 g/mol. The van der Waals surface area contributed by atoms with Crippen molar-refractivity contribution >= 4 is 15.7 Å². The molecule has 0 aliphatic heterocycles. The smallest absolute Gasteiger partial charge is 0.258 e. The highest BCUT2D eigenvalue weighted by molar-refractivity contribution is 7.89. The average Bonchev–Trinajstić information content (AvgIpc) is 2.52. The van der Waals surface area contributed by atoms with E-state index in [-0.39, 0.29) is 11.6 Å². The number of nitrogens with one attached hydrogen (secondary N) is 1. The molecule has 0 spiro atoms. The highest BCUT2D eigenvalue weighted by atomic mass is 32.2. The Balaban J connectivity index is 2.25. The summed E-state index contributed by atoms with van der Waals surface area (Å²) in [5, 5.41) is 10.9. The molecule has 0 bridgehead atoms. The van der Waals surface area contributed by atoms with E-state index in [0.717, 1.165) is 18.2 Å². The number of rotatable bonds is 5. The number of sulfonamides is 1. The van der Waals surface area contributed by atoms with E-state index in [9.17, 15) is 36.1 Å². The third kappa shape index (κ3) is 4.31. The van der Waals surface area contributed by atoms with Gasteiger partial charge in [-0.15, -0.1) is 0 Å². The van der Waals surface area contributed by atoms with E-state index < -0.39 is 49.6 Å². The van der Waals surface area contributed by atoms with Crippen LogP contribution in [0.25, 0.3) is 0 Å². The van der Waals surface area contributed by atoms with Crippen molar-refractivity contribution in [1.82, 2.24) is 4.72 Å². The third-order valence-electron chi connectivity index (χ3n) is 3.18. The van der Waals surface area contributed by atoms with E-state index in [2.05, 4.69) is 0 Å². The molecule has 0 aliphatic carbocycles. The second-order valence-electron chi connectivity index (χ2n) is 4.85. The molecule has 0 fully saturated rings. The topological polar surface area (TPSA) is 89.3 Å². The lowest BCUT2D eigenvalue weighted by Gasteiger charge is -2.10. The van der Waals surface area contributed by atoms with Gasteiger partial charge < -0.3 is 0 Å². The second kappa shape index (κ2) is 6.76. The van der Waals surface area contributed by atoms with Crippen LogP contribution < -0.4 is 4.72 Å². The molecule has 0 aliphatic rings. The lowest BCUT2D eigenvalue weighted by Crippen LogP contribution is -2.24.